The Bertz CT molecular complexity index is 632. The van der Waals surface area contributed by atoms with Crippen molar-refractivity contribution in [2.24, 2.45) is 5.92 Å². The Hall–Kier alpha value is -1.19. The normalized spacial score (nSPS) is 12.3. The third-order valence-electron chi connectivity index (χ3n) is 3.47. The molecule has 1 heterocycles. The lowest BCUT2D eigenvalue weighted by Crippen LogP contribution is -2.21. The van der Waals surface area contributed by atoms with Crippen LogP contribution in [0.15, 0.2) is 40.5 Å². The maximum absolute atomic E-state index is 4.54. The molecule has 21 heavy (non-hydrogen) atoms. The predicted octanol–water partition coefficient (Wildman–Crippen LogP) is 5.04. The highest BCUT2D eigenvalue weighted by atomic mass is 79.9. The smallest absolute Gasteiger partial charge is 0.0785 e. The molecule has 0 fully saturated rings. The van der Waals surface area contributed by atoms with E-state index < -0.39 is 0 Å². The average Bonchev–Trinajstić information content (AvgIpc) is 2.48. The third-order valence-corrected chi connectivity index (χ3v) is 4.16. The van der Waals surface area contributed by atoms with Crippen LogP contribution in [0.5, 0.6) is 0 Å². The van der Waals surface area contributed by atoms with E-state index in [9.17, 15) is 0 Å². The first kappa shape index (κ1) is 16.2. The second kappa shape index (κ2) is 7.71. The van der Waals surface area contributed by atoms with Crippen LogP contribution >= 0.6 is 15.9 Å². The van der Waals surface area contributed by atoms with Crippen molar-refractivity contribution in [1.82, 2.24) is 10.3 Å². The number of fused-ring (bicyclic) bond motifs is 1. The van der Waals surface area contributed by atoms with Gasteiger partial charge in [0.2, 0.25) is 0 Å². The molecule has 112 valence electrons. The molecule has 0 saturated carbocycles. The van der Waals surface area contributed by atoms with Crippen molar-refractivity contribution in [3.05, 3.63) is 46.1 Å². The lowest BCUT2D eigenvalue weighted by molar-refractivity contribution is 0.569. The molecule has 0 aliphatic rings. The van der Waals surface area contributed by atoms with Crippen LogP contribution in [0.2, 0.25) is 0 Å². The van der Waals surface area contributed by atoms with Gasteiger partial charge in [0.1, 0.15) is 0 Å². The van der Waals surface area contributed by atoms with E-state index in [1.165, 1.54) is 11.1 Å². The van der Waals surface area contributed by atoms with Gasteiger partial charge in [-0.1, -0.05) is 60.5 Å². The Balaban J connectivity index is 2.28. The van der Waals surface area contributed by atoms with Crippen LogP contribution in [-0.2, 0) is 0 Å². The minimum Gasteiger partial charge on any atom is -0.313 e. The van der Waals surface area contributed by atoms with E-state index in [2.05, 4.69) is 71.3 Å². The van der Waals surface area contributed by atoms with Crippen molar-refractivity contribution < 1.29 is 0 Å². The molecule has 2 nitrogen and oxygen atoms in total. The molecule has 2 aromatic rings. The number of aromatic nitrogens is 1. The van der Waals surface area contributed by atoms with Crippen molar-refractivity contribution in [3.8, 4) is 0 Å². The summed E-state index contributed by atoms with van der Waals surface area (Å²) < 4.78 is 1.10. The predicted molar refractivity (Wildman–Crippen MR) is 95.4 cm³/mol. The summed E-state index contributed by atoms with van der Waals surface area (Å²) in [7, 11) is 0. The minimum atomic E-state index is 0.679. The first-order chi connectivity index (χ1) is 10.1. The van der Waals surface area contributed by atoms with Gasteiger partial charge in [-0.15, -0.1) is 0 Å². The molecule has 0 aliphatic carbocycles. The van der Waals surface area contributed by atoms with Crippen LogP contribution < -0.4 is 5.32 Å². The largest absolute Gasteiger partial charge is 0.313 e. The van der Waals surface area contributed by atoms with Gasteiger partial charge in [0.25, 0.3) is 0 Å². The van der Waals surface area contributed by atoms with Crippen LogP contribution in [0.1, 0.15) is 32.8 Å². The second-order valence-corrected chi connectivity index (χ2v) is 6.57. The summed E-state index contributed by atoms with van der Waals surface area (Å²) in [6.45, 7) is 8.66. The number of nitrogens with zero attached hydrogens (tertiary/aromatic N) is 1. The van der Waals surface area contributed by atoms with Crippen LogP contribution in [-0.4, -0.2) is 18.1 Å². The Morgan fingerprint density at radius 2 is 2.14 bits per heavy atom. The van der Waals surface area contributed by atoms with Gasteiger partial charge < -0.3 is 5.32 Å². The van der Waals surface area contributed by atoms with Crippen LogP contribution in [0, 0.1) is 5.92 Å². The third kappa shape index (κ3) is 4.39. The summed E-state index contributed by atoms with van der Waals surface area (Å²) in [6.07, 6.45) is 5.18. The Kier molecular flexibility index (Phi) is 5.95. The van der Waals surface area contributed by atoms with Gasteiger partial charge in [-0.2, -0.15) is 0 Å². The molecule has 0 radical (unpaired) electrons. The van der Waals surface area contributed by atoms with E-state index >= 15 is 0 Å². The molecule has 1 N–H and O–H groups in total. The van der Waals surface area contributed by atoms with Crippen LogP contribution in [0.4, 0.5) is 0 Å². The van der Waals surface area contributed by atoms with E-state index in [1.807, 2.05) is 12.3 Å². The minimum absolute atomic E-state index is 0.679. The van der Waals surface area contributed by atoms with E-state index in [4.69, 9.17) is 0 Å². The summed E-state index contributed by atoms with van der Waals surface area (Å²) in [4.78, 5) is 4.54. The number of nitrogens with one attached hydrogen (secondary N) is 1. The second-order valence-electron chi connectivity index (χ2n) is 5.72. The first-order valence-electron chi connectivity index (χ1n) is 7.55. The zero-order valence-electron chi connectivity index (χ0n) is 13.0. The number of pyridine rings is 1. The zero-order valence-corrected chi connectivity index (χ0v) is 14.6. The maximum Gasteiger partial charge on any atom is 0.0785 e. The molecule has 0 amide bonds. The molecule has 0 spiro atoms. The molecule has 0 atom stereocenters. The van der Waals surface area contributed by atoms with Crippen LogP contribution in [0.3, 0.4) is 0 Å². The van der Waals surface area contributed by atoms with Gasteiger partial charge in [0.15, 0.2) is 0 Å². The fourth-order valence-electron chi connectivity index (χ4n) is 2.30. The van der Waals surface area contributed by atoms with Gasteiger partial charge >= 0.3 is 0 Å². The van der Waals surface area contributed by atoms with Gasteiger partial charge in [-0.25, -0.2) is 0 Å². The van der Waals surface area contributed by atoms with Gasteiger partial charge in [-0.05, 0) is 31.0 Å². The molecule has 3 heteroatoms. The first-order valence-corrected chi connectivity index (χ1v) is 8.34. The summed E-state index contributed by atoms with van der Waals surface area (Å²) in [6, 6.07) is 8.32. The molecule has 0 bridgehead atoms. The highest BCUT2D eigenvalue weighted by Crippen LogP contribution is 2.26. The van der Waals surface area contributed by atoms with Crippen molar-refractivity contribution in [2.75, 3.05) is 13.1 Å². The molecule has 2 rings (SSSR count). The Labute approximate surface area is 135 Å². The van der Waals surface area contributed by atoms with Gasteiger partial charge in [0.05, 0.1) is 5.52 Å². The molecule has 1 aromatic heterocycles. The zero-order chi connectivity index (χ0) is 15.2. The SMILES string of the molecule is CC/C(=C/c1ccc(Br)c2cccnc12)CNCC(C)C. The molecule has 1 aromatic carbocycles. The lowest BCUT2D eigenvalue weighted by atomic mass is 10.0. The van der Waals surface area contributed by atoms with E-state index in [-0.39, 0.29) is 0 Å². The molecular formula is C18H23BrN2. The van der Waals surface area contributed by atoms with E-state index in [0.717, 1.165) is 34.9 Å². The lowest BCUT2D eigenvalue weighted by Gasteiger charge is -2.10. The summed E-state index contributed by atoms with van der Waals surface area (Å²) in [5, 5.41) is 4.68. The number of benzene rings is 1. The summed E-state index contributed by atoms with van der Waals surface area (Å²) >= 11 is 3.60. The highest BCUT2D eigenvalue weighted by molar-refractivity contribution is 9.10. The van der Waals surface area contributed by atoms with Crippen molar-refractivity contribution in [3.63, 3.8) is 0 Å². The number of rotatable bonds is 6. The van der Waals surface area contributed by atoms with Crippen molar-refractivity contribution in [2.45, 2.75) is 27.2 Å². The fraction of sp³-hybridized carbons (Fsp3) is 0.389. The number of hydrogen-bond acceptors (Lipinski definition) is 2. The monoisotopic (exact) mass is 346 g/mol. The van der Waals surface area contributed by atoms with Crippen molar-refractivity contribution >= 4 is 32.9 Å². The van der Waals surface area contributed by atoms with E-state index in [0.29, 0.717) is 5.92 Å². The highest BCUT2D eigenvalue weighted by Gasteiger charge is 2.05. The molecule has 0 saturated heterocycles. The van der Waals surface area contributed by atoms with E-state index in [1.54, 1.807) is 0 Å². The Morgan fingerprint density at radius 1 is 1.33 bits per heavy atom. The Morgan fingerprint density at radius 3 is 2.86 bits per heavy atom. The molecular weight excluding hydrogens is 324 g/mol. The molecule has 0 unspecified atom stereocenters. The molecule has 0 aliphatic heterocycles. The maximum atomic E-state index is 4.54. The van der Waals surface area contributed by atoms with Gasteiger partial charge in [0, 0.05) is 28.2 Å². The summed E-state index contributed by atoms with van der Waals surface area (Å²) in [5.74, 6) is 0.679. The van der Waals surface area contributed by atoms with Crippen LogP contribution in [0.25, 0.3) is 17.0 Å². The van der Waals surface area contributed by atoms with Crippen molar-refractivity contribution in [1.29, 1.82) is 0 Å². The van der Waals surface area contributed by atoms with Gasteiger partial charge in [-0.3, -0.25) is 4.98 Å². The number of hydrogen-bond donors (Lipinski definition) is 1. The topological polar surface area (TPSA) is 24.9 Å². The summed E-state index contributed by atoms with van der Waals surface area (Å²) in [5.41, 5.74) is 3.66. The standard InChI is InChI=1S/C18H23BrN2/c1-4-14(12-20-11-13(2)3)10-15-7-8-17(19)16-6-5-9-21-18(15)16/h5-10,13,20H,4,11-12H2,1-3H3/b14-10-. The quantitative estimate of drug-likeness (QED) is 0.792. The average molecular weight is 347 g/mol. The number of halogens is 1. The fourth-order valence-corrected chi connectivity index (χ4v) is 2.75.